The fourth-order valence-corrected chi connectivity index (χ4v) is 3.32. The Hall–Kier alpha value is -0.853. The number of para-hydroxylation sites is 1. The Morgan fingerprint density at radius 2 is 1.67 bits per heavy atom. The van der Waals surface area contributed by atoms with Gasteiger partial charge in [-0.25, -0.2) is 0 Å². The minimum Gasteiger partial charge on any atom is -0.543 e. The monoisotopic (exact) mass is 330 g/mol. The molecule has 0 spiro atoms. The second kappa shape index (κ2) is 6.10. The summed E-state index contributed by atoms with van der Waals surface area (Å²) >= 11 is 0. The lowest BCUT2D eigenvalue weighted by atomic mass is 10.1. The molecule has 1 aromatic carbocycles. The van der Waals surface area contributed by atoms with Crippen molar-refractivity contribution in [1.29, 1.82) is 0 Å². The van der Waals surface area contributed by atoms with Crippen LogP contribution in [0.4, 0.5) is 0 Å². The highest BCUT2D eigenvalue weighted by Crippen LogP contribution is 2.39. The van der Waals surface area contributed by atoms with E-state index in [1.165, 1.54) is 0 Å². The Bertz CT molecular complexity index is 588. The molecule has 4 nitrogen and oxygen atoms in total. The van der Waals surface area contributed by atoms with Gasteiger partial charge in [-0.05, 0) is 31.1 Å². The van der Waals surface area contributed by atoms with Crippen LogP contribution in [0.5, 0.6) is 5.75 Å². The molecule has 1 unspecified atom stereocenters. The van der Waals surface area contributed by atoms with Crippen molar-refractivity contribution in [3.8, 4) is 5.75 Å². The molecule has 0 aliphatic heterocycles. The van der Waals surface area contributed by atoms with Gasteiger partial charge in [-0.1, -0.05) is 39.0 Å². The summed E-state index contributed by atoms with van der Waals surface area (Å²) in [6.07, 6.45) is 0.488. The zero-order chi connectivity index (χ0) is 16.5. The third-order valence-corrected chi connectivity index (χ3v) is 8.83. The van der Waals surface area contributed by atoms with Crippen molar-refractivity contribution in [3.05, 3.63) is 29.8 Å². The van der Waals surface area contributed by atoms with Gasteiger partial charge in [0, 0.05) is 5.56 Å². The molecule has 1 aromatic rings. The molecule has 1 atom stereocenters. The number of hydrogen-bond acceptors (Lipinski definition) is 4. The molecule has 0 radical (unpaired) electrons. The van der Waals surface area contributed by atoms with E-state index in [0.29, 0.717) is 5.75 Å². The highest BCUT2D eigenvalue weighted by Gasteiger charge is 2.39. The van der Waals surface area contributed by atoms with Crippen molar-refractivity contribution >= 4 is 18.4 Å². The van der Waals surface area contributed by atoms with Crippen LogP contribution >= 0.6 is 0 Å². The Balaban J connectivity index is 3.11. The van der Waals surface area contributed by atoms with Crippen LogP contribution in [0.3, 0.4) is 0 Å². The second-order valence-electron chi connectivity index (χ2n) is 6.84. The SMILES string of the molecule is CC(OS(C)(=O)=O)c1ccccc1O[Si](C)(C)C(C)(C)C. The van der Waals surface area contributed by atoms with Crippen LogP contribution in [0.1, 0.15) is 39.4 Å². The van der Waals surface area contributed by atoms with Crippen LogP contribution in [0, 0.1) is 0 Å². The van der Waals surface area contributed by atoms with Crippen LogP contribution in [0.15, 0.2) is 24.3 Å². The van der Waals surface area contributed by atoms with Crippen LogP contribution in [-0.2, 0) is 14.3 Å². The van der Waals surface area contributed by atoms with E-state index >= 15 is 0 Å². The van der Waals surface area contributed by atoms with Crippen LogP contribution < -0.4 is 4.43 Å². The third kappa shape index (κ3) is 5.12. The molecule has 0 heterocycles. The fraction of sp³-hybridized carbons (Fsp3) is 0.600. The maximum absolute atomic E-state index is 11.3. The summed E-state index contributed by atoms with van der Waals surface area (Å²) in [5.74, 6) is 0.709. The maximum atomic E-state index is 11.3. The van der Waals surface area contributed by atoms with Gasteiger partial charge in [-0.2, -0.15) is 8.42 Å². The molecule has 0 N–H and O–H groups in total. The van der Waals surface area contributed by atoms with Crippen molar-refractivity contribution in [2.75, 3.05) is 6.26 Å². The Labute approximate surface area is 129 Å². The molecule has 21 heavy (non-hydrogen) atoms. The summed E-state index contributed by atoms with van der Waals surface area (Å²) in [5, 5.41) is 0.0705. The Morgan fingerprint density at radius 3 is 2.14 bits per heavy atom. The van der Waals surface area contributed by atoms with Crippen LogP contribution in [-0.4, -0.2) is 23.0 Å². The molecule has 0 saturated heterocycles. The van der Waals surface area contributed by atoms with Crippen LogP contribution in [0.2, 0.25) is 18.1 Å². The summed E-state index contributed by atoms with van der Waals surface area (Å²) in [6, 6.07) is 7.46. The summed E-state index contributed by atoms with van der Waals surface area (Å²) in [4.78, 5) is 0. The van der Waals surface area contributed by atoms with E-state index in [9.17, 15) is 8.42 Å². The smallest absolute Gasteiger partial charge is 0.264 e. The van der Waals surface area contributed by atoms with Crippen LogP contribution in [0.25, 0.3) is 0 Å². The number of benzene rings is 1. The molecule has 1 rings (SSSR count). The highest BCUT2D eigenvalue weighted by molar-refractivity contribution is 7.86. The fourth-order valence-electron chi connectivity index (χ4n) is 1.65. The van der Waals surface area contributed by atoms with Gasteiger partial charge in [0.25, 0.3) is 10.1 Å². The lowest BCUT2D eigenvalue weighted by Gasteiger charge is -2.37. The van der Waals surface area contributed by atoms with E-state index in [1.54, 1.807) is 6.92 Å². The predicted molar refractivity (Wildman–Crippen MR) is 88.6 cm³/mol. The molecular weight excluding hydrogens is 304 g/mol. The topological polar surface area (TPSA) is 52.6 Å². The molecule has 6 heteroatoms. The first kappa shape index (κ1) is 18.2. The molecule has 0 fully saturated rings. The maximum Gasteiger partial charge on any atom is 0.264 e. The van der Waals surface area contributed by atoms with Crippen molar-refractivity contribution in [1.82, 2.24) is 0 Å². The van der Waals surface area contributed by atoms with E-state index in [1.807, 2.05) is 24.3 Å². The van der Waals surface area contributed by atoms with E-state index in [2.05, 4.69) is 33.9 Å². The predicted octanol–water partition coefficient (Wildman–Crippen LogP) is 4.11. The van der Waals surface area contributed by atoms with Crippen molar-refractivity contribution in [2.45, 2.75) is 51.9 Å². The van der Waals surface area contributed by atoms with Gasteiger partial charge in [0.1, 0.15) is 11.9 Å². The van der Waals surface area contributed by atoms with E-state index < -0.39 is 24.5 Å². The van der Waals surface area contributed by atoms with Gasteiger partial charge in [-0.15, -0.1) is 0 Å². The van der Waals surface area contributed by atoms with Crippen molar-refractivity contribution < 1.29 is 17.0 Å². The van der Waals surface area contributed by atoms with E-state index in [4.69, 9.17) is 8.61 Å². The molecule has 0 aliphatic rings. The van der Waals surface area contributed by atoms with E-state index in [0.717, 1.165) is 11.8 Å². The van der Waals surface area contributed by atoms with Gasteiger partial charge < -0.3 is 4.43 Å². The first-order chi connectivity index (χ1) is 9.33. The zero-order valence-electron chi connectivity index (χ0n) is 13.9. The molecular formula is C15H26O4SSi. The van der Waals surface area contributed by atoms with E-state index in [-0.39, 0.29) is 5.04 Å². The summed E-state index contributed by atoms with van der Waals surface area (Å²) in [6.45, 7) is 12.5. The number of hydrogen-bond donors (Lipinski definition) is 0. The van der Waals surface area contributed by atoms with Crippen molar-refractivity contribution in [2.24, 2.45) is 0 Å². The molecule has 120 valence electrons. The van der Waals surface area contributed by atoms with Gasteiger partial charge >= 0.3 is 0 Å². The zero-order valence-corrected chi connectivity index (χ0v) is 15.7. The summed E-state index contributed by atoms with van der Waals surface area (Å²) < 4.78 is 34.0. The minimum atomic E-state index is -3.50. The Kier molecular flexibility index (Phi) is 5.29. The quantitative estimate of drug-likeness (QED) is 0.602. The number of rotatable bonds is 5. The highest BCUT2D eigenvalue weighted by atomic mass is 32.2. The molecule has 0 saturated carbocycles. The normalized spacial score (nSPS) is 14.8. The second-order valence-corrected chi connectivity index (χ2v) is 13.2. The average Bonchev–Trinajstić information content (AvgIpc) is 2.25. The first-order valence-corrected chi connectivity index (χ1v) is 11.7. The van der Waals surface area contributed by atoms with Crippen molar-refractivity contribution in [3.63, 3.8) is 0 Å². The third-order valence-electron chi connectivity index (χ3n) is 3.85. The average molecular weight is 331 g/mol. The van der Waals surface area contributed by atoms with Gasteiger partial charge in [0.2, 0.25) is 8.32 Å². The standard InChI is InChI=1S/C15H26O4SSi/c1-12(18-20(5,16)17)13-10-8-9-11-14(13)19-21(6,7)15(2,3)4/h8-12H,1-7H3. The molecule has 0 amide bonds. The largest absolute Gasteiger partial charge is 0.543 e. The van der Waals surface area contributed by atoms with Gasteiger partial charge in [0.05, 0.1) is 6.26 Å². The summed E-state index contributed by atoms with van der Waals surface area (Å²) in [7, 11) is -5.49. The van der Waals surface area contributed by atoms with Gasteiger partial charge in [-0.3, -0.25) is 4.18 Å². The molecule has 0 aliphatic carbocycles. The lowest BCUT2D eigenvalue weighted by Crippen LogP contribution is -2.44. The molecule has 0 bridgehead atoms. The minimum absolute atomic E-state index is 0.0705. The molecule has 0 aromatic heterocycles. The lowest BCUT2D eigenvalue weighted by molar-refractivity contribution is 0.233. The van der Waals surface area contributed by atoms with Gasteiger partial charge in [0.15, 0.2) is 0 Å². The first-order valence-electron chi connectivity index (χ1n) is 7.00. The Morgan fingerprint density at radius 1 is 1.14 bits per heavy atom. The summed E-state index contributed by atoms with van der Waals surface area (Å²) in [5.41, 5.74) is 0.757.